The van der Waals surface area contributed by atoms with E-state index >= 15 is 0 Å². The number of carbonyl (C=O) groups excluding carboxylic acids is 2. The van der Waals surface area contributed by atoms with E-state index in [1.54, 1.807) is 12.2 Å². The molecule has 0 atom stereocenters. The molecule has 0 fully saturated rings. The van der Waals surface area contributed by atoms with E-state index in [2.05, 4.69) is 6.92 Å². The molecule has 0 aromatic heterocycles. The van der Waals surface area contributed by atoms with Crippen LogP contribution in [0.3, 0.4) is 0 Å². The summed E-state index contributed by atoms with van der Waals surface area (Å²) in [6, 6.07) is 0. The molecular formula is C13H20O2. The van der Waals surface area contributed by atoms with Crippen molar-refractivity contribution in [2.24, 2.45) is 0 Å². The van der Waals surface area contributed by atoms with Gasteiger partial charge >= 0.3 is 0 Å². The van der Waals surface area contributed by atoms with Crippen LogP contribution in [-0.4, -0.2) is 12.1 Å². The Bertz CT molecular complexity index is 227. The van der Waals surface area contributed by atoms with Crippen LogP contribution in [0.1, 0.15) is 45.4 Å². The summed E-state index contributed by atoms with van der Waals surface area (Å²) < 4.78 is 0. The highest BCUT2D eigenvalue weighted by atomic mass is 16.1. The number of unbranched alkanes of at least 4 members (excludes halogenated alkanes) is 3. The van der Waals surface area contributed by atoms with Crippen LogP contribution in [-0.2, 0) is 9.59 Å². The highest BCUT2D eigenvalue weighted by Gasteiger charge is 1.98. The Hall–Kier alpha value is -1.18. The number of ketones is 1. The minimum Gasteiger partial charge on any atom is -0.299 e. The van der Waals surface area contributed by atoms with Gasteiger partial charge in [-0.1, -0.05) is 31.9 Å². The molecule has 2 heteroatoms. The third-order valence-corrected chi connectivity index (χ3v) is 2.05. The van der Waals surface area contributed by atoms with Crippen molar-refractivity contribution in [1.82, 2.24) is 0 Å². The van der Waals surface area contributed by atoms with Crippen LogP contribution in [0.25, 0.3) is 0 Å². The SMILES string of the molecule is CCCCC/C=C/C=O.O=C1C=CCC1. The van der Waals surface area contributed by atoms with E-state index in [9.17, 15) is 9.59 Å². The lowest BCUT2D eigenvalue weighted by Gasteiger charge is -1.88. The fourth-order valence-electron chi connectivity index (χ4n) is 1.19. The Balaban J connectivity index is 0.000000280. The van der Waals surface area contributed by atoms with Crippen molar-refractivity contribution < 1.29 is 9.59 Å². The third-order valence-electron chi connectivity index (χ3n) is 2.05. The number of hydrogen-bond acceptors (Lipinski definition) is 2. The molecular weight excluding hydrogens is 188 g/mol. The fraction of sp³-hybridized carbons (Fsp3) is 0.538. The Kier molecular flexibility index (Phi) is 10.0. The number of carbonyl (C=O) groups is 2. The van der Waals surface area contributed by atoms with E-state index in [-0.39, 0.29) is 5.78 Å². The first-order valence-corrected chi connectivity index (χ1v) is 5.61. The van der Waals surface area contributed by atoms with Crippen molar-refractivity contribution in [2.75, 3.05) is 0 Å². The van der Waals surface area contributed by atoms with E-state index in [1.165, 1.54) is 19.3 Å². The molecule has 1 aliphatic rings. The molecule has 0 heterocycles. The van der Waals surface area contributed by atoms with E-state index in [1.807, 2.05) is 12.2 Å². The topological polar surface area (TPSA) is 34.1 Å². The van der Waals surface area contributed by atoms with E-state index in [0.717, 1.165) is 25.5 Å². The summed E-state index contributed by atoms with van der Waals surface area (Å²) in [6.45, 7) is 2.17. The van der Waals surface area contributed by atoms with Gasteiger partial charge in [0.25, 0.3) is 0 Å². The Labute approximate surface area is 92.1 Å². The van der Waals surface area contributed by atoms with Gasteiger partial charge in [-0.25, -0.2) is 0 Å². The molecule has 15 heavy (non-hydrogen) atoms. The van der Waals surface area contributed by atoms with Crippen molar-refractivity contribution in [2.45, 2.75) is 45.4 Å². The van der Waals surface area contributed by atoms with Crippen LogP contribution in [0.15, 0.2) is 24.3 Å². The van der Waals surface area contributed by atoms with Crippen molar-refractivity contribution >= 4 is 12.1 Å². The van der Waals surface area contributed by atoms with Gasteiger partial charge in [0.1, 0.15) is 6.29 Å². The molecule has 0 saturated heterocycles. The zero-order valence-electron chi connectivity index (χ0n) is 9.45. The van der Waals surface area contributed by atoms with Crippen molar-refractivity contribution in [3.8, 4) is 0 Å². The average molecular weight is 208 g/mol. The first-order chi connectivity index (χ1) is 7.31. The second kappa shape index (κ2) is 10.9. The van der Waals surface area contributed by atoms with Crippen molar-refractivity contribution in [1.29, 1.82) is 0 Å². The van der Waals surface area contributed by atoms with Crippen LogP contribution in [0, 0.1) is 0 Å². The molecule has 0 aromatic rings. The van der Waals surface area contributed by atoms with Gasteiger partial charge in [0, 0.05) is 6.42 Å². The largest absolute Gasteiger partial charge is 0.299 e. The van der Waals surface area contributed by atoms with Crippen LogP contribution in [0.5, 0.6) is 0 Å². The van der Waals surface area contributed by atoms with Crippen LogP contribution in [0.2, 0.25) is 0 Å². The number of allylic oxidation sites excluding steroid dienone is 4. The zero-order valence-corrected chi connectivity index (χ0v) is 9.45. The molecule has 1 rings (SSSR count). The van der Waals surface area contributed by atoms with Gasteiger partial charge in [0.2, 0.25) is 0 Å². The molecule has 0 unspecified atom stereocenters. The molecule has 0 aliphatic heterocycles. The second-order valence-corrected chi connectivity index (χ2v) is 3.47. The smallest absolute Gasteiger partial charge is 0.155 e. The monoisotopic (exact) mass is 208 g/mol. The number of aldehydes is 1. The summed E-state index contributed by atoms with van der Waals surface area (Å²) in [5.74, 6) is 0.273. The van der Waals surface area contributed by atoms with Gasteiger partial charge in [0.05, 0.1) is 0 Å². The number of hydrogen-bond donors (Lipinski definition) is 0. The van der Waals surface area contributed by atoms with E-state index in [4.69, 9.17) is 0 Å². The fourth-order valence-corrected chi connectivity index (χ4v) is 1.19. The molecule has 2 nitrogen and oxygen atoms in total. The van der Waals surface area contributed by atoms with Crippen LogP contribution < -0.4 is 0 Å². The predicted octanol–water partition coefficient (Wildman–Crippen LogP) is 3.23. The van der Waals surface area contributed by atoms with Crippen molar-refractivity contribution in [3.63, 3.8) is 0 Å². The molecule has 0 aromatic carbocycles. The Morgan fingerprint density at radius 2 is 2.20 bits per heavy atom. The summed E-state index contributed by atoms with van der Waals surface area (Å²) in [7, 11) is 0. The average Bonchev–Trinajstić information content (AvgIpc) is 2.70. The van der Waals surface area contributed by atoms with Crippen molar-refractivity contribution in [3.05, 3.63) is 24.3 Å². The highest BCUT2D eigenvalue weighted by molar-refractivity contribution is 5.91. The lowest BCUT2D eigenvalue weighted by atomic mass is 10.2. The summed E-state index contributed by atoms with van der Waals surface area (Å²) in [5, 5.41) is 0. The molecule has 0 amide bonds. The third kappa shape index (κ3) is 10.7. The standard InChI is InChI=1S/C8H14O.C5H6O/c1-2-3-4-5-6-7-8-9;6-5-3-1-2-4-5/h6-8H,2-5H2,1H3;1,3H,2,4H2/b7-6+;. The minimum atomic E-state index is 0.273. The Morgan fingerprint density at radius 3 is 2.60 bits per heavy atom. The van der Waals surface area contributed by atoms with E-state index < -0.39 is 0 Å². The molecule has 0 radical (unpaired) electrons. The maximum Gasteiger partial charge on any atom is 0.155 e. The maximum atomic E-state index is 10.2. The molecule has 84 valence electrons. The minimum absolute atomic E-state index is 0.273. The molecule has 0 N–H and O–H groups in total. The first-order valence-electron chi connectivity index (χ1n) is 5.61. The van der Waals surface area contributed by atoms with Gasteiger partial charge in [-0.05, 0) is 31.4 Å². The van der Waals surface area contributed by atoms with Gasteiger partial charge in [-0.2, -0.15) is 0 Å². The molecule has 0 saturated carbocycles. The first kappa shape index (κ1) is 13.8. The lowest BCUT2D eigenvalue weighted by molar-refractivity contribution is -0.114. The molecule has 1 aliphatic carbocycles. The number of rotatable bonds is 5. The van der Waals surface area contributed by atoms with E-state index in [0.29, 0.717) is 0 Å². The molecule has 0 spiro atoms. The lowest BCUT2D eigenvalue weighted by Crippen LogP contribution is -1.80. The highest BCUT2D eigenvalue weighted by Crippen LogP contribution is 2.01. The summed E-state index contributed by atoms with van der Waals surface area (Å²) in [4.78, 5) is 19.9. The molecule has 0 bridgehead atoms. The predicted molar refractivity (Wildman–Crippen MR) is 62.7 cm³/mol. The van der Waals surface area contributed by atoms with Gasteiger partial charge in [0.15, 0.2) is 5.78 Å². The normalized spacial score (nSPS) is 14.1. The second-order valence-electron chi connectivity index (χ2n) is 3.47. The summed E-state index contributed by atoms with van der Waals surface area (Å²) >= 11 is 0. The quantitative estimate of drug-likeness (QED) is 0.395. The maximum absolute atomic E-state index is 10.2. The zero-order chi connectivity index (χ0) is 11.4. The summed E-state index contributed by atoms with van der Waals surface area (Å²) in [5.41, 5.74) is 0. The van der Waals surface area contributed by atoms with Crippen LogP contribution >= 0.6 is 0 Å². The van der Waals surface area contributed by atoms with Gasteiger partial charge in [-0.15, -0.1) is 0 Å². The Morgan fingerprint density at radius 1 is 1.40 bits per heavy atom. The van der Waals surface area contributed by atoms with Gasteiger partial charge in [-0.3, -0.25) is 9.59 Å². The van der Waals surface area contributed by atoms with Gasteiger partial charge < -0.3 is 0 Å². The van der Waals surface area contributed by atoms with Crippen LogP contribution in [0.4, 0.5) is 0 Å². The summed E-state index contributed by atoms with van der Waals surface area (Å²) in [6.07, 6.45) is 14.3.